The molecule has 0 amide bonds. The quantitative estimate of drug-likeness (QED) is 0.180. The highest BCUT2D eigenvalue weighted by Gasteiger charge is 2.46. The Kier molecular flexibility index (Phi) is 7.17. The van der Waals surface area contributed by atoms with E-state index in [1.54, 1.807) is 0 Å². The van der Waals surface area contributed by atoms with Crippen molar-refractivity contribution in [3.63, 3.8) is 0 Å². The second kappa shape index (κ2) is 11.6. The summed E-state index contributed by atoms with van der Waals surface area (Å²) >= 11 is 0. The maximum absolute atomic E-state index is 5.33. The van der Waals surface area contributed by atoms with Crippen LogP contribution < -0.4 is 0 Å². The number of rotatable bonds is 7. The molecular weight excluding hydrogens is 532 g/mol. The van der Waals surface area contributed by atoms with Gasteiger partial charge in [0.1, 0.15) is 0 Å². The van der Waals surface area contributed by atoms with Crippen molar-refractivity contribution in [2.45, 2.75) is 12.3 Å². The molecule has 0 N–H and O–H groups in total. The van der Waals surface area contributed by atoms with E-state index in [2.05, 4.69) is 151 Å². The maximum Gasteiger partial charge on any atom is 0.0722 e. The van der Waals surface area contributed by atoms with Crippen molar-refractivity contribution in [2.75, 3.05) is 0 Å². The average Bonchev–Trinajstić information content (AvgIpc) is 3.40. The molecule has 6 aromatic rings. The number of hydrogen-bond acceptors (Lipinski definition) is 2. The highest BCUT2D eigenvalue weighted by atomic mass is 14.7. The van der Waals surface area contributed by atoms with Crippen molar-refractivity contribution in [3.05, 3.63) is 198 Å². The molecule has 44 heavy (non-hydrogen) atoms. The summed E-state index contributed by atoms with van der Waals surface area (Å²) in [6.45, 7) is 6.03. The van der Waals surface area contributed by atoms with Gasteiger partial charge in [0, 0.05) is 23.5 Å². The van der Waals surface area contributed by atoms with Gasteiger partial charge in [-0.2, -0.15) is 0 Å². The highest BCUT2D eigenvalue weighted by Crippen LogP contribution is 2.58. The Balaban J connectivity index is 1.57. The summed E-state index contributed by atoms with van der Waals surface area (Å²) in [6.07, 6.45) is 11.9. The third kappa shape index (κ3) is 4.44. The molecule has 2 heteroatoms. The molecule has 0 radical (unpaired) electrons. The van der Waals surface area contributed by atoms with Crippen LogP contribution in [-0.2, 0) is 5.41 Å². The van der Waals surface area contributed by atoms with E-state index in [-0.39, 0.29) is 0 Å². The van der Waals surface area contributed by atoms with E-state index in [0.717, 1.165) is 33.7 Å². The van der Waals surface area contributed by atoms with E-state index in [1.165, 1.54) is 33.4 Å². The van der Waals surface area contributed by atoms with Crippen molar-refractivity contribution < 1.29 is 0 Å². The molecule has 1 atom stereocenters. The Bertz CT molecular complexity index is 1980. The minimum absolute atomic E-state index is 0.495. The fourth-order valence-electron chi connectivity index (χ4n) is 6.77. The van der Waals surface area contributed by atoms with Crippen LogP contribution in [0.1, 0.15) is 34.7 Å². The minimum Gasteiger partial charge on any atom is -0.265 e. The van der Waals surface area contributed by atoms with E-state index in [1.807, 2.05) is 31.5 Å². The summed E-state index contributed by atoms with van der Waals surface area (Å²) in [5.74, 6) is 0. The lowest BCUT2D eigenvalue weighted by molar-refractivity contribution is 0.766. The van der Waals surface area contributed by atoms with Gasteiger partial charge in [0.05, 0.1) is 16.8 Å². The van der Waals surface area contributed by atoms with Crippen molar-refractivity contribution in [2.24, 2.45) is 0 Å². The van der Waals surface area contributed by atoms with Crippen molar-refractivity contribution >= 4 is 5.57 Å². The second-order valence-corrected chi connectivity index (χ2v) is 11.0. The van der Waals surface area contributed by atoms with Gasteiger partial charge >= 0.3 is 0 Å². The van der Waals surface area contributed by atoms with Crippen LogP contribution in [0.25, 0.3) is 39.2 Å². The largest absolute Gasteiger partial charge is 0.265 e. The van der Waals surface area contributed by atoms with Gasteiger partial charge in [0.15, 0.2) is 0 Å². The predicted octanol–water partition coefficient (Wildman–Crippen LogP) is 10.3. The number of hydrogen-bond donors (Lipinski definition) is 0. The van der Waals surface area contributed by atoms with Gasteiger partial charge in [-0.3, -0.25) is 4.98 Å². The predicted molar refractivity (Wildman–Crippen MR) is 183 cm³/mol. The van der Waals surface area contributed by atoms with Gasteiger partial charge in [-0.1, -0.05) is 134 Å². The van der Waals surface area contributed by atoms with Gasteiger partial charge in [0.2, 0.25) is 0 Å². The molecule has 1 unspecified atom stereocenters. The third-order valence-corrected chi connectivity index (χ3v) is 8.54. The Labute approximate surface area is 259 Å². The summed E-state index contributed by atoms with van der Waals surface area (Å²) in [6, 6.07) is 45.5. The third-order valence-electron chi connectivity index (χ3n) is 8.54. The monoisotopic (exact) mass is 564 g/mol. The zero-order valence-electron chi connectivity index (χ0n) is 24.7. The molecule has 2 heterocycles. The van der Waals surface area contributed by atoms with Crippen LogP contribution in [0.4, 0.5) is 0 Å². The Morgan fingerprint density at radius 3 is 2.05 bits per heavy atom. The van der Waals surface area contributed by atoms with E-state index in [4.69, 9.17) is 4.98 Å². The molecule has 2 aromatic heterocycles. The second-order valence-electron chi connectivity index (χ2n) is 11.0. The topological polar surface area (TPSA) is 25.8 Å². The minimum atomic E-state index is -0.495. The number of benzene rings is 4. The molecular formula is C42H32N2. The lowest BCUT2D eigenvalue weighted by Crippen LogP contribution is -2.28. The summed E-state index contributed by atoms with van der Waals surface area (Å²) in [7, 11) is 0. The van der Waals surface area contributed by atoms with Gasteiger partial charge in [0.25, 0.3) is 0 Å². The molecule has 0 fully saturated rings. The fourth-order valence-corrected chi connectivity index (χ4v) is 6.77. The summed E-state index contributed by atoms with van der Waals surface area (Å²) in [4.78, 5) is 9.72. The van der Waals surface area contributed by atoms with E-state index in [0.29, 0.717) is 0 Å². The van der Waals surface area contributed by atoms with Crippen LogP contribution in [0.2, 0.25) is 0 Å². The van der Waals surface area contributed by atoms with Crippen LogP contribution in [0, 0.1) is 0 Å². The molecule has 1 aliphatic rings. The highest BCUT2D eigenvalue weighted by molar-refractivity contribution is 5.95. The molecule has 0 saturated carbocycles. The van der Waals surface area contributed by atoms with Gasteiger partial charge < -0.3 is 0 Å². The van der Waals surface area contributed by atoms with E-state index >= 15 is 0 Å². The fraction of sp³-hybridized carbons (Fsp3) is 0.0476. The van der Waals surface area contributed by atoms with Gasteiger partial charge in [-0.05, 0) is 75.7 Å². The molecule has 210 valence electrons. The molecule has 0 aliphatic heterocycles. The number of aromatic nitrogens is 2. The van der Waals surface area contributed by atoms with Crippen LogP contribution in [-0.4, -0.2) is 9.97 Å². The molecule has 0 bridgehead atoms. The number of pyridine rings is 2. The number of allylic oxidation sites excluding steroid dienone is 5. The Hall–Kier alpha value is -5.60. The first kappa shape index (κ1) is 27.2. The van der Waals surface area contributed by atoms with Gasteiger partial charge in [-0.15, -0.1) is 0 Å². The average molecular weight is 565 g/mol. The summed E-state index contributed by atoms with van der Waals surface area (Å²) < 4.78 is 0. The lowest BCUT2D eigenvalue weighted by atomic mass is 9.68. The zero-order valence-corrected chi connectivity index (χ0v) is 24.7. The molecule has 1 aliphatic carbocycles. The molecule has 7 rings (SSSR count). The summed E-state index contributed by atoms with van der Waals surface area (Å²) in [5, 5.41) is 0. The first-order valence-electron chi connectivity index (χ1n) is 15.0. The van der Waals surface area contributed by atoms with Crippen molar-refractivity contribution in [3.8, 4) is 33.6 Å². The van der Waals surface area contributed by atoms with E-state index in [9.17, 15) is 0 Å². The SMILES string of the molecule is C=C/C=C(\C=C/C)c1cc(-c2ccccc2)nc(-c2cccc3c2-c2ccccc2C3(c2ccccc2)c2ccncc2)c1. The normalized spacial score (nSPS) is 15.6. The first-order valence-corrected chi connectivity index (χ1v) is 15.0. The summed E-state index contributed by atoms with van der Waals surface area (Å²) in [5.41, 5.74) is 13.1. The Morgan fingerprint density at radius 2 is 1.30 bits per heavy atom. The zero-order chi connectivity index (χ0) is 29.9. The molecule has 0 spiro atoms. The van der Waals surface area contributed by atoms with Crippen LogP contribution in [0.3, 0.4) is 0 Å². The molecule has 0 saturated heterocycles. The van der Waals surface area contributed by atoms with Crippen LogP contribution in [0.15, 0.2) is 171 Å². The van der Waals surface area contributed by atoms with Crippen molar-refractivity contribution in [1.29, 1.82) is 0 Å². The Morgan fingerprint density at radius 1 is 0.659 bits per heavy atom. The molecule has 2 nitrogen and oxygen atoms in total. The number of nitrogens with zero attached hydrogens (tertiary/aromatic N) is 2. The lowest BCUT2D eigenvalue weighted by Gasteiger charge is -2.33. The van der Waals surface area contributed by atoms with E-state index < -0.39 is 5.41 Å². The number of fused-ring (bicyclic) bond motifs is 3. The maximum atomic E-state index is 5.33. The van der Waals surface area contributed by atoms with Crippen LogP contribution in [0.5, 0.6) is 0 Å². The van der Waals surface area contributed by atoms with Gasteiger partial charge in [-0.25, -0.2) is 4.98 Å². The van der Waals surface area contributed by atoms with Crippen LogP contribution >= 0.6 is 0 Å². The smallest absolute Gasteiger partial charge is 0.0722 e. The standard InChI is InChI=1S/C42H32N2/c1-3-14-30(15-4-2)32-28-39(31-16-7-5-8-17-31)44-40(29-32)36-21-13-23-38-41(36)35-20-11-12-22-37(35)42(38,33-18-9-6-10-19-33)34-24-26-43-27-25-34/h3-29H,1H2,2H3/b15-4-,30-14+. The first-order chi connectivity index (χ1) is 21.8. The molecule has 4 aromatic carbocycles. The van der Waals surface area contributed by atoms with Crippen molar-refractivity contribution in [1.82, 2.24) is 9.97 Å².